The van der Waals surface area contributed by atoms with E-state index in [-0.39, 0.29) is 11.9 Å². The zero-order valence-electron chi connectivity index (χ0n) is 15.2. The van der Waals surface area contributed by atoms with Crippen LogP contribution in [0.5, 0.6) is 0 Å². The number of carbonyl (C=O) groups is 2. The molecule has 2 N–H and O–H groups in total. The van der Waals surface area contributed by atoms with Crippen molar-refractivity contribution < 1.29 is 14.1 Å². The van der Waals surface area contributed by atoms with Gasteiger partial charge in [0.25, 0.3) is 0 Å². The van der Waals surface area contributed by atoms with E-state index in [1.807, 2.05) is 19.0 Å². The molecule has 1 aromatic carbocycles. The smallest absolute Gasteiger partial charge is 0.314 e. The average molecular weight is 357 g/mol. The second-order valence-corrected chi connectivity index (χ2v) is 6.59. The van der Waals surface area contributed by atoms with Crippen molar-refractivity contribution in [2.45, 2.75) is 12.5 Å². The fraction of sp³-hybridized carbons (Fsp3) is 0.389. The van der Waals surface area contributed by atoms with Crippen molar-refractivity contribution in [3.05, 3.63) is 41.7 Å². The van der Waals surface area contributed by atoms with Gasteiger partial charge in [0, 0.05) is 31.9 Å². The lowest BCUT2D eigenvalue weighted by atomic mass is 10.0. The molecular formula is C18H23N5O3. The molecule has 2 amide bonds. The summed E-state index contributed by atoms with van der Waals surface area (Å²) in [6, 6.07) is 7.82. The zero-order valence-corrected chi connectivity index (χ0v) is 15.2. The maximum Gasteiger partial charge on any atom is 0.314 e. The van der Waals surface area contributed by atoms with Crippen molar-refractivity contribution in [1.82, 2.24) is 15.4 Å². The zero-order chi connectivity index (χ0) is 18.7. The molecule has 1 aliphatic heterocycles. The molecule has 3 rings (SSSR count). The third-order valence-electron chi connectivity index (χ3n) is 4.58. The molecule has 26 heavy (non-hydrogen) atoms. The number of nitrogens with one attached hydrogen (secondary N) is 2. The molecule has 138 valence electrons. The Labute approximate surface area is 152 Å². The molecular weight excluding hydrogens is 334 g/mol. The SMILES string of the molecule is CN1CCc2cc(C(CNC(=O)C(=O)Nc3ccon3)N(C)C)ccc21. The molecule has 1 aliphatic rings. The van der Waals surface area contributed by atoms with Crippen LogP contribution >= 0.6 is 0 Å². The number of carbonyl (C=O) groups excluding carboxylic acids is 2. The highest BCUT2D eigenvalue weighted by atomic mass is 16.5. The number of aromatic nitrogens is 1. The van der Waals surface area contributed by atoms with Crippen LogP contribution < -0.4 is 15.5 Å². The highest BCUT2D eigenvalue weighted by Crippen LogP contribution is 2.30. The molecule has 0 bridgehead atoms. The summed E-state index contributed by atoms with van der Waals surface area (Å²) in [4.78, 5) is 28.2. The third-order valence-corrected chi connectivity index (χ3v) is 4.58. The fourth-order valence-electron chi connectivity index (χ4n) is 3.11. The molecule has 8 heteroatoms. The van der Waals surface area contributed by atoms with Crippen molar-refractivity contribution in [2.75, 3.05) is 44.4 Å². The largest absolute Gasteiger partial charge is 0.374 e. The van der Waals surface area contributed by atoms with Gasteiger partial charge in [-0.25, -0.2) is 0 Å². The van der Waals surface area contributed by atoms with E-state index in [0.717, 1.165) is 18.5 Å². The standard InChI is InChI=1S/C18H23N5O3/c1-22(2)15(12-4-5-14-13(10-12)6-8-23(14)3)11-19-17(24)18(25)20-16-7-9-26-21-16/h4-5,7,9-10,15H,6,8,11H2,1-3H3,(H,19,24)(H,20,21,25). The maximum absolute atomic E-state index is 12.1. The minimum atomic E-state index is -0.771. The minimum absolute atomic E-state index is 0.0324. The van der Waals surface area contributed by atoms with E-state index in [0.29, 0.717) is 6.54 Å². The minimum Gasteiger partial charge on any atom is -0.374 e. The van der Waals surface area contributed by atoms with E-state index in [1.165, 1.54) is 23.6 Å². The van der Waals surface area contributed by atoms with Gasteiger partial charge in [0.1, 0.15) is 6.26 Å². The molecule has 0 saturated carbocycles. The lowest BCUT2D eigenvalue weighted by Gasteiger charge is -2.25. The maximum atomic E-state index is 12.1. The quantitative estimate of drug-likeness (QED) is 0.777. The van der Waals surface area contributed by atoms with Crippen LogP contribution in [0.2, 0.25) is 0 Å². The van der Waals surface area contributed by atoms with E-state index in [2.05, 4.69) is 50.5 Å². The number of likely N-dealkylation sites (N-methyl/N-ethyl adjacent to an activating group) is 2. The number of hydrogen-bond acceptors (Lipinski definition) is 6. The molecule has 1 aromatic heterocycles. The van der Waals surface area contributed by atoms with Crippen LogP contribution in [-0.2, 0) is 16.0 Å². The van der Waals surface area contributed by atoms with Gasteiger partial charge in [-0.15, -0.1) is 0 Å². The third kappa shape index (κ3) is 3.85. The van der Waals surface area contributed by atoms with E-state index >= 15 is 0 Å². The van der Waals surface area contributed by atoms with Gasteiger partial charge < -0.3 is 19.6 Å². The Kier molecular flexibility index (Phi) is 5.22. The van der Waals surface area contributed by atoms with Gasteiger partial charge >= 0.3 is 11.8 Å². The van der Waals surface area contributed by atoms with Gasteiger partial charge in [0.2, 0.25) is 0 Å². The summed E-state index contributed by atoms with van der Waals surface area (Å²) in [5.74, 6) is -1.27. The normalized spacial score (nSPS) is 14.2. The van der Waals surface area contributed by atoms with Gasteiger partial charge in [0.15, 0.2) is 5.82 Å². The summed E-state index contributed by atoms with van der Waals surface area (Å²) in [6.45, 7) is 1.34. The van der Waals surface area contributed by atoms with Crippen molar-refractivity contribution in [1.29, 1.82) is 0 Å². The van der Waals surface area contributed by atoms with Crippen LogP contribution in [-0.4, -0.2) is 56.1 Å². The number of benzene rings is 1. The first-order valence-corrected chi connectivity index (χ1v) is 8.45. The number of amides is 2. The summed E-state index contributed by atoms with van der Waals surface area (Å²) >= 11 is 0. The summed E-state index contributed by atoms with van der Waals surface area (Å²) in [7, 11) is 5.99. The molecule has 2 aromatic rings. The molecule has 0 spiro atoms. The van der Waals surface area contributed by atoms with Crippen LogP contribution in [0.1, 0.15) is 17.2 Å². The van der Waals surface area contributed by atoms with E-state index < -0.39 is 11.8 Å². The van der Waals surface area contributed by atoms with Crippen LogP contribution in [0, 0.1) is 0 Å². The number of hydrogen-bond donors (Lipinski definition) is 2. The van der Waals surface area contributed by atoms with Crippen molar-refractivity contribution >= 4 is 23.3 Å². The lowest BCUT2D eigenvalue weighted by Crippen LogP contribution is -2.40. The second kappa shape index (κ2) is 7.57. The lowest BCUT2D eigenvalue weighted by molar-refractivity contribution is -0.136. The Bertz CT molecular complexity index is 788. The van der Waals surface area contributed by atoms with Gasteiger partial charge in [-0.1, -0.05) is 17.3 Å². The fourth-order valence-corrected chi connectivity index (χ4v) is 3.11. The molecule has 0 saturated heterocycles. The Morgan fingerprint density at radius 1 is 1.31 bits per heavy atom. The Balaban J connectivity index is 1.64. The first-order chi connectivity index (χ1) is 12.5. The number of anilines is 2. The van der Waals surface area contributed by atoms with Crippen molar-refractivity contribution in [3.8, 4) is 0 Å². The predicted molar refractivity (Wildman–Crippen MR) is 98.0 cm³/mol. The van der Waals surface area contributed by atoms with Gasteiger partial charge in [-0.05, 0) is 37.7 Å². The number of rotatable bonds is 5. The molecule has 2 heterocycles. The molecule has 1 unspecified atom stereocenters. The Morgan fingerprint density at radius 3 is 2.81 bits per heavy atom. The first-order valence-electron chi connectivity index (χ1n) is 8.45. The van der Waals surface area contributed by atoms with Gasteiger partial charge in [-0.3, -0.25) is 14.9 Å². The summed E-state index contributed by atoms with van der Waals surface area (Å²) in [5, 5.41) is 8.62. The van der Waals surface area contributed by atoms with Crippen LogP contribution in [0.25, 0.3) is 0 Å². The van der Waals surface area contributed by atoms with Crippen LogP contribution in [0.3, 0.4) is 0 Å². The van der Waals surface area contributed by atoms with Crippen LogP contribution in [0.4, 0.5) is 11.5 Å². The summed E-state index contributed by atoms with van der Waals surface area (Å²) in [5.41, 5.74) is 3.68. The van der Waals surface area contributed by atoms with Crippen LogP contribution in [0.15, 0.2) is 35.1 Å². The monoisotopic (exact) mass is 357 g/mol. The first kappa shape index (κ1) is 17.9. The van der Waals surface area contributed by atoms with E-state index in [1.54, 1.807) is 0 Å². The van der Waals surface area contributed by atoms with Gasteiger partial charge in [0.05, 0.1) is 6.04 Å². The number of fused-ring (bicyclic) bond motifs is 1. The Hall–Kier alpha value is -2.87. The summed E-state index contributed by atoms with van der Waals surface area (Å²) < 4.78 is 4.62. The summed E-state index contributed by atoms with van der Waals surface area (Å²) in [6.07, 6.45) is 2.34. The predicted octanol–water partition coefficient (Wildman–Crippen LogP) is 1.02. The second-order valence-electron chi connectivity index (χ2n) is 6.59. The molecule has 0 fully saturated rings. The molecule has 8 nitrogen and oxygen atoms in total. The topological polar surface area (TPSA) is 90.7 Å². The highest BCUT2D eigenvalue weighted by Gasteiger charge is 2.22. The number of nitrogens with zero attached hydrogens (tertiary/aromatic N) is 3. The van der Waals surface area contributed by atoms with Crippen molar-refractivity contribution in [2.24, 2.45) is 0 Å². The average Bonchev–Trinajstić information content (AvgIpc) is 3.24. The van der Waals surface area contributed by atoms with E-state index in [4.69, 9.17) is 0 Å². The van der Waals surface area contributed by atoms with E-state index in [9.17, 15) is 9.59 Å². The molecule has 1 atom stereocenters. The van der Waals surface area contributed by atoms with Gasteiger partial charge in [-0.2, -0.15) is 0 Å². The molecule has 0 radical (unpaired) electrons. The molecule has 0 aliphatic carbocycles. The van der Waals surface area contributed by atoms with Crippen molar-refractivity contribution in [3.63, 3.8) is 0 Å². The Morgan fingerprint density at radius 2 is 2.12 bits per heavy atom. The highest BCUT2D eigenvalue weighted by molar-refractivity contribution is 6.39.